The first kappa shape index (κ1) is 35.4. The molecular formula is C32H42FN7O9. The second-order valence-electron chi connectivity index (χ2n) is 13.0. The van der Waals surface area contributed by atoms with Gasteiger partial charge in [0.2, 0.25) is 5.91 Å². The van der Waals surface area contributed by atoms with Gasteiger partial charge in [0.05, 0.1) is 43.3 Å². The molecular weight excluding hydrogens is 645 g/mol. The lowest BCUT2D eigenvalue weighted by Gasteiger charge is -2.38. The van der Waals surface area contributed by atoms with E-state index < -0.39 is 53.9 Å². The number of aryl methyl sites for hydroxylation is 1. The van der Waals surface area contributed by atoms with E-state index in [1.54, 1.807) is 44.5 Å². The Morgan fingerprint density at radius 2 is 1.84 bits per heavy atom. The van der Waals surface area contributed by atoms with Crippen molar-refractivity contribution in [3.63, 3.8) is 0 Å². The first-order valence-corrected chi connectivity index (χ1v) is 16.0. The molecule has 3 aliphatic heterocycles. The van der Waals surface area contributed by atoms with Crippen molar-refractivity contribution < 1.29 is 47.3 Å². The normalized spacial score (nSPS) is 18.6. The van der Waals surface area contributed by atoms with E-state index in [9.17, 15) is 24.0 Å². The predicted molar refractivity (Wildman–Crippen MR) is 171 cm³/mol. The highest BCUT2D eigenvalue weighted by atomic mass is 19.1. The molecule has 16 nitrogen and oxygen atoms in total. The van der Waals surface area contributed by atoms with Crippen LogP contribution in [0.4, 0.5) is 30.1 Å². The molecule has 5 rings (SSSR count). The fourth-order valence-corrected chi connectivity index (χ4v) is 5.85. The van der Waals surface area contributed by atoms with Gasteiger partial charge in [-0.15, -0.1) is 0 Å². The van der Waals surface area contributed by atoms with Crippen LogP contribution in [0.5, 0.6) is 0 Å². The van der Waals surface area contributed by atoms with Crippen LogP contribution in [0.3, 0.4) is 0 Å². The fourth-order valence-electron chi connectivity index (χ4n) is 5.85. The number of carbonyl (C=O) groups is 5. The minimum absolute atomic E-state index is 0.0135. The lowest BCUT2D eigenvalue weighted by Crippen LogP contribution is -2.57. The summed E-state index contributed by atoms with van der Waals surface area (Å²) in [5, 5.41) is 4.40. The molecule has 2 unspecified atom stereocenters. The van der Waals surface area contributed by atoms with Crippen LogP contribution in [0.15, 0.2) is 24.4 Å². The Morgan fingerprint density at radius 3 is 2.45 bits per heavy atom. The molecule has 4 heterocycles. The van der Waals surface area contributed by atoms with Crippen molar-refractivity contribution in [1.29, 1.82) is 0 Å². The maximum absolute atomic E-state index is 15.3. The van der Waals surface area contributed by atoms with Crippen molar-refractivity contribution in [2.24, 2.45) is 7.05 Å². The lowest BCUT2D eigenvalue weighted by molar-refractivity contribution is -0.167. The third-order valence-corrected chi connectivity index (χ3v) is 8.14. The quantitative estimate of drug-likeness (QED) is 0.296. The van der Waals surface area contributed by atoms with Crippen LogP contribution in [0.2, 0.25) is 0 Å². The van der Waals surface area contributed by atoms with Crippen LogP contribution in [-0.2, 0) is 48.7 Å². The summed E-state index contributed by atoms with van der Waals surface area (Å²) in [4.78, 5) is 71.0. The van der Waals surface area contributed by atoms with Crippen molar-refractivity contribution in [2.45, 2.75) is 65.6 Å². The predicted octanol–water partition coefficient (Wildman–Crippen LogP) is 2.83. The number of rotatable bonds is 8. The molecule has 3 aliphatic rings. The van der Waals surface area contributed by atoms with Crippen LogP contribution in [-0.4, -0.2) is 118 Å². The maximum Gasteiger partial charge on any atom is 0.418 e. The summed E-state index contributed by atoms with van der Waals surface area (Å²) >= 11 is 0. The Balaban J connectivity index is 1.21. The molecule has 4 amide bonds. The number of amides is 4. The second kappa shape index (κ2) is 14.3. The van der Waals surface area contributed by atoms with Gasteiger partial charge in [-0.3, -0.25) is 19.3 Å². The number of anilines is 2. The van der Waals surface area contributed by atoms with E-state index in [0.717, 1.165) is 23.1 Å². The number of imide groups is 1. The number of hydrogen-bond acceptors (Lipinski definition) is 12. The van der Waals surface area contributed by atoms with Gasteiger partial charge in [0, 0.05) is 58.5 Å². The van der Waals surface area contributed by atoms with Gasteiger partial charge < -0.3 is 28.7 Å². The number of fused-ring (bicyclic) bond motifs is 1. The zero-order valence-electron chi connectivity index (χ0n) is 28.5. The van der Waals surface area contributed by atoms with E-state index in [-0.39, 0.29) is 51.6 Å². The number of halogens is 1. The summed E-state index contributed by atoms with van der Waals surface area (Å²) in [7, 11) is 1.83. The Bertz CT molecular complexity index is 1580. The summed E-state index contributed by atoms with van der Waals surface area (Å²) in [6.45, 7) is 9.21. The third-order valence-electron chi connectivity index (χ3n) is 8.14. The number of hydrogen-bond donors (Lipinski definition) is 0. The molecule has 0 saturated carbocycles. The van der Waals surface area contributed by atoms with E-state index in [0.29, 0.717) is 18.8 Å². The van der Waals surface area contributed by atoms with Crippen LogP contribution in [0, 0.1) is 5.82 Å². The average molecular weight is 688 g/mol. The van der Waals surface area contributed by atoms with E-state index in [4.69, 9.17) is 18.9 Å². The molecule has 1 aromatic carbocycles. The Kier molecular flexibility index (Phi) is 10.3. The third kappa shape index (κ3) is 8.21. The summed E-state index contributed by atoms with van der Waals surface area (Å²) in [5.41, 5.74) is 1.81. The van der Waals surface area contributed by atoms with Gasteiger partial charge in [-0.2, -0.15) is 5.10 Å². The Hall–Kier alpha value is -4.93. The number of benzene rings is 1. The molecule has 266 valence electrons. The summed E-state index contributed by atoms with van der Waals surface area (Å²) in [5.74, 6) is -2.09. The lowest BCUT2D eigenvalue weighted by atomic mass is 10.2. The maximum atomic E-state index is 15.3. The highest BCUT2D eigenvalue weighted by molar-refractivity contribution is 5.93. The first-order chi connectivity index (χ1) is 23.1. The van der Waals surface area contributed by atoms with Crippen molar-refractivity contribution in [1.82, 2.24) is 24.5 Å². The topological polar surface area (TPSA) is 156 Å². The van der Waals surface area contributed by atoms with Gasteiger partial charge in [-0.25, -0.2) is 28.5 Å². The molecule has 2 aromatic rings. The van der Waals surface area contributed by atoms with E-state index >= 15 is 4.39 Å². The smallest absolute Gasteiger partial charge is 0.418 e. The number of aromatic nitrogens is 2. The second-order valence-corrected chi connectivity index (χ2v) is 13.0. The molecule has 0 N–H and O–H groups in total. The minimum atomic E-state index is -1.50. The zero-order chi connectivity index (χ0) is 35.6. The number of cyclic esters (lactones) is 1. The molecule has 0 spiro atoms. The van der Waals surface area contributed by atoms with Crippen molar-refractivity contribution >= 4 is 41.5 Å². The van der Waals surface area contributed by atoms with Crippen LogP contribution >= 0.6 is 0 Å². The van der Waals surface area contributed by atoms with Gasteiger partial charge >= 0.3 is 24.2 Å². The van der Waals surface area contributed by atoms with E-state index in [1.807, 2.05) is 18.1 Å². The van der Waals surface area contributed by atoms with Gasteiger partial charge in [-0.05, 0) is 45.9 Å². The van der Waals surface area contributed by atoms with Gasteiger partial charge in [0.15, 0.2) is 0 Å². The molecule has 17 heteroatoms. The number of ether oxygens (including phenoxy) is 4. The number of nitrogens with zero attached hydrogens (tertiary/aromatic N) is 7. The minimum Gasteiger partial charge on any atom is -0.462 e. The molecule has 1 aromatic heterocycles. The Morgan fingerprint density at radius 1 is 1.12 bits per heavy atom. The number of piperazine rings is 1. The highest BCUT2D eigenvalue weighted by Gasteiger charge is 2.40. The van der Waals surface area contributed by atoms with Gasteiger partial charge in [0.1, 0.15) is 17.5 Å². The van der Waals surface area contributed by atoms with Crippen molar-refractivity contribution in [2.75, 3.05) is 55.7 Å². The zero-order valence-corrected chi connectivity index (χ0v) is 28.5. The Labute approximate surface area is 283 Å². The summed E-state index contributed by atoms with van der Waals surface area (Å²) < 4.78 is 38.5. The molecule has 2 fully saturated rings. The standard InChI is InChI=1S/C32H42FN7O9/c1-7-46-28(42)27(36-10-12-37(13-11-36)29(43)49-32(3,4)5)48-30(44)39(20(2)41)17-23-18-40(31(45)47-23)22-8-9-26(24(33)14-22)38-16-21-15-35(6)34-25(21)19-38/h8-9,14-15,23,27H,7,10-13,16-19H2,1-6H3. The first-order valence-electron chi connectivity index (χ1n) is 16.0. The van der Waals surface area contributed by atoms with Gasteiger partial charge in [0.25, 0.3) is 6.23 Å². The van der Waals surface area contributed by atoms with Gasteiger partial charge in [-0.1, -0.05) is 0 Å². The molecule has 0 radical (unpaired) electrons. The molecule has 2 atom stereocenters. The number of carbonyl (C=O) groups excluding carboxylic acids is 5. The highest BCUT2D eigenvalue weighted by Crippen LogP contribution is 2.33. The van der Waals surface area contributed by atoms with E-state index in [2.05, 4.69) is 5.10 Å². The average Bonchev–Trinajstić information content (AvgIpc) is 3.69. The van der Waals surface area contributed by atoms with Crippen molar-refractivity contribution in [3.05, 3.63) is 41.5 Å². The summed E-state index contributed by atoms with van der Waals surface area (Å²) in [6.07, 6.45) is -3.00. The molecule has 2 saturated heterocycles. The van der Waals surface area contributed by atoms with Crippen LogP contribution in [0.25, 0.3) is 0 Å². The molecule has 0 bridgehead atoms. The van der Waals surface area contributed by atoms with E-state index in [1.165, 1.54) is 20.8 Å². The monoisotopic (exact) mass is 687 g/mol. The largest absolute Gasteiger partial charge is 0.462 e. The molecule has 0 aliphatic carbocycles. The van der Waals surface area contributed by atoms with Crippen LogP contribution in [0.1, 0.15) is 45.9 Å². The fraction of sp³-hybridized carbons (Fsp3) is 0.562. The number of esters is 1. The SMILES string of the molecule is CCOC(=O)C(OC(=O)N(CC1CN(c2ccc(N3Cc4cn(C)nc4C3)c(F)c2)C(=O)O1)C(C)=O)N1CCN(C(=O)OC(C)(C)C)CC1. The van der Waals surface area contributed by atoms with Crippen molar-refractivity contribution in [3.8, 4) is 0 Å². The van der Waals surface area contributed by atoms with Crippen LogP contribution < -0.4 is 9.80 Å². The summed E-state index contributed by atoms with van der Waals surface area (Å²) in [6, 6.07) is 4.42. The molecule has 49 heavy (non-hydrogen) atoms.